The van der Waals surface area contributed by atoms with Gasteiger partial charge in [-0.2, -0.15) is 0 Å². The quantitative estimate of drug-likeness (QED) is 0.582. The summed E-state index contributed by atoms with van der Waals surface area (Å²) in [7, 11) is 0. The Balaban J connectivity index is 2.93. The van der Waals surface area contributed by atoms with Crippen LogP contribution in [0.1, 0.15) is 18.3 Å². The molecule has 0 aliphatic carbocycles. The molecule has 0 aliphatic rings. The first kappa shape index (κ1) is 7.80. The summed E-state index contributed by atoms with van der Waals surface area (Å²) in [6, 6.07) is 0. The largest absolute Gasteiger partial charge is 0.237 e. The molecule has 0 N–H and O–H groups in total. The molecule has 1 aromatic rings. The molecule has 0 saturated carbocycles. The van der Waals surface area contributed by atoms with Crippen molar-refractivity contribution >= 4 is 0 Å². The Morgan fingerprint density at radius 1 is 1.64 bits per heavy atom. The van der Waals surface area contributed by atoms with Gasteiger partial charge in [-0.05, 0) is 13.3 Å². The zero-order valence-corrected chi connectivity index (χ0v) is 6.83. The normalized spacial score (nSPS) is 9.55. The topological polar surface area (TPSA) is 30.7 Å². The third-order valence-corrected chi connectivity index (χ3v) is 1.65. The van der Waals surface area contributed by atoms with Crippen LogP contribution in [-0.4, -0.2) is 15.0 Å². The lowest BCUT2D eigenvalue weighted by atomic mass is 10.3. The fourth-order valence-corrected chi connectivity index (χ4v) is 0.960. The van der Waals surface area contributed by atoms with Crippen LogP contribution in [-0.2, 0) is 13.0 Å². The van der Waals surface area contributed by atoms with Crippen molar-refractivity contribution in [3.8, 4) is 12.3 Å². The third-order valence-electron chi connectivity index (χ3n) is 1.65. The lowest BCUT2D eigenvalue weighted by Crippen LogP contribution is -2.00. The Hall–Kier alpha value is -1.30. The standard InChI is InChI=1S/C8H11N3/c1-4-6-11-7(3)8(5-2)9-10-11/h1H,5-6H2,2-3H3. The van der Waals surface area contributed by atoms with Crippen molar-refractivity contribution in [3.05, 3.63) is 11.4 Å². The van der Waals surface area contributed by atoms with Crippen LogP contribution < -0.4 is 0 Å². The minimum Gasteiger partial charge on any atom is -0.237 e. The molecule has 11 heavy (non-hydrogen) atoms. The van der Waals surface area contributed by atoms with Gasteiger partial charge in [-0.3, -0.25) is 0 Å². The molecule has 58 valence electrons. The fourth-order valence-electron chi connectivity index (χ4n) is 0.960. The minimum absolute atomic E-state index is 0.513. The SMILES string of the molecule is C#CCn1nnc(CC)c1C. The van der Waals surface area contributed by atoms with E-state index in [1.165, 1.54) is 0 Å². The molecule has 0 fully saturated rings. The van der Waals surface area contributed by atoms with E-state index in [1.54, 1.807) is 4.68 Å². The molecule has 3 nitrogen and oxygen atoms in total. The van der Waals surface area contributed by atoms with Gasteiger partial charge in [0.2, 0.25) is 0 Å². The first-order valence-corrected chi connectivity index (χ1v) is 3.62. The van der Waals surface area contributed by atoms with E-state index in [2.05, 4.69) is 23.2 Å². The Bertz CT molecular complexity index is 280. The maximum Gasteiger partial charge on any atom is 0.103 e. The van der Waals surface area contributed by atoms with Crippen molar-refractivity contribution < 1.29 is 0 Å². The molecule has 0 spiro atoms. The van der Waals surface area contributed by atoms with Gasteiger partial charge in [0.05, 0.1) is 11.4 Å². The van der Waals surface area contributed by atoms with Gasteiger partial charge in [0.15, 0.2) is 0 Å². The molecular weight excluding hydrogens is 138 g/mol. The molecule has 3 heteroatoms. The first-order chi connectivity index (χ1) is 5.29. The molecular formula is C8H11N3. The molecule has 0 radical (unpaired) electrons. The van der Waals surface area contributed by atoms with E-state index in [0.717, 1.165) is 17.8 Å². The van der Waals surface area contributed by atoms with E-state index >= 15 is 0 Å². The molecule has 0 amide bonds. The van der Waals surface area contributed by atoms with Crippen LogP contribution in [0.3, 0.4) is 0 Å². The molecule has 0 aromatic carbocycles. The van der Waals surface area contributed by atoms with E-state index in [1.807, 2.05) is 6.92 Å². The first-order valence-electron chi connectivity index (χ1n) is 3.62. The maximum atomic E-state index is 5.14. The highest BCUT2D eigenvalue weighted by Crippen LogP contribution is 2.02. The second-order valence-corrected chi connectivity index (χ2v) is 2.34. The molecule has 0 bridgehead atoms. The van der Waals surface area contributed by atoms with Crippen molar-refractivity contribution in [2.45, 2.75) is 26.8 Å². The van der Waals surface area contributed by atoms with Gasteiger partial charge < -0.3 is 0 Å². The second kappa shape index (κ2) is 3.20. The van der Waals surface area contributed by atoms with Crippen molar-refractivity contribution in [1.82, 2.24) is 15.0 Å². The van der Waals surface area contributed by atoms with Crippen molar-refractivity contribution in [2.24, 2.45) is 0 Å². The van der Waals surface area contributed by atoms with Gasteiger partial charge in [0.25, 0.3) is 0 Å². The summed E-state index contributed by atoms with van der Waals surface area (Å²) in [5.41, 5.74) is 2.10. The lowest BCUT2D eigenvalue weighted by Gasteiger charge is -1.95. The molecule has 0 atom stereocenters. The smallest absolute Gasteiger partial charge is 0.103 e. The fraction of sp³-hybridized carbons (Fsp3) is 0.500. The van der Waals surface area contributed by atoms with Gasteiger partial charge in [-0.15, -0.1) is 11.5 Å². The minimum atomic E-state index is 0.513. The van der Waals surface area contributed by atoms with Crippen LogP contribution in [0, 0.1) is 19.3 Å². The van der Waals surface area contributed by atoms with Crippen LogP contribution in [0.15, 0.2) is 0 Å². The summed E-state index contributed by atoms with van der Waals surface area (Å²) in [5.74, 6) is 2.52. The van der Waals surface area contributed by atoms with E-state index in [9.17, 15) is 0 Å². The van der Waals surface area contributed by atoms with Gasteiger partial charge in [-0.25, -0.2) is 4.68 Å². The van der Waals surface area contributed by atoms with Crippen LogP contribution in [0.4, 0.5) is 0 Å². The molecule has 0 unspecified atom stereocenters. The van der Waals surface area contributed by atoms with Gasteiger partial charge in [0, 0.05) is 0 Å². The second-order valence-electron chi connectivity index (χ2n) is 2.34. The summed E-state index contributed by atoms with van der Waals surface area (Å²) >= 11 is 0. The highest BCUT2D eigenvalue weighted by atomic mass is 15.4. The van der Waals surface area contributed by atoms with Crippen molar-refractivity contribution in [1.29, 1.82) is 0 Å². The average Bonchev–Trinajstić information content (AvgIpc) is 2.34. The Kier molecular flexibility index (Phi) is 2.27. The van der Waals surface area contributed by atoms with Crippen LogP contribution in [0.2, 0.25) is 0 Å². The van der Waals surface area contributed by atoms with E-state index in [-0.39, 0.29) is 0 Å². The lowest BCUT2D eigenvalue weighted by molar-refractivity contribution is 0.655. The summed E-state index contributed by atoms with van der Waals surface area (Å²) in [6.07, 6.45) is 6.05. The van der Waals surface area contributed by atoms with E-state index in [4.69, 9.17) is 6.42 Å². The number of hydrogen-bond donors (Lipinski definition) is 0. The van der Waals surface area contributed by atoms with Crippen LogP contribution in [0.25, 0.3) is 0 Å². The zero-order chi connectivity index (χ0) is 8.27. The molecule has 1 aromatic heterocycles. The molecule has 0 aliphatic heterocycles. The van der Waals surface area contributed by atoms with E-state index < -0.39 is 0 Å². The Labute approximate surface area is 66.4 Å². The number of terminal acetylenes is 1. The highest BCUT2D eigenvalue weighted by Gasteiger charge is 2.03. The monoisotopic (exact) mass is 149 g/mol. The predicted molar refractivity (Wildman–Crippen MR) is 43.0 cm³/mol. The zero-order valence-electron chi connectivity index (χ0n) is 6.83. The summed E-state index contributed by atoms with van der Waals surface area (Å²) in [6.45, 7) is 4.55. The van der Waals surface area contributed by atoms with Gasteiger partial charge in [-0.1, -0.05) is 18.1 Å². The van der Waals surface area contributed by atoms with Gasteiger partial charge in [0.1, 0.15) is 6.54 Å². The third kappa shape index (κ3) is 1.40. The number of rotatable bonds is 2. The van der Waals surface area contributed by atoms with Crippen LogP contribution in [0.5, 0.6) is 0 Å². The maximum absolute atomic E-state index is 5.14. The molecule has 0 saturated heterocycles. The van der Waals surface area contributed by atoms with Crippen molar-refractivity contribution in [3.63, 3.8) is 0 Å². The average molecular weight is 149 g/mol. The number of nitrogens with zero attached hydrogens (tertiary/aromatic N) is 3. The Morgan fingerprint density at radius 2 is 2.36 bits per heavy atom. The number of hydrogen-bond acceptors (Lipinski definition) is 2. The summed E-state index contributed by atoms with van der Waals surface area (Å²) in [4.78, 5) is 0. The Morgan fingerprint density at radius 3 is 2.82 bits per heavy atom. The highest BCUT2D eigenvalue weighted by molar-refractivity contribution is 5.08. The summed E-state index contributed by atoms with van der Waals surface area (Å²) in [5, 5.41) is 7.87. The molecule has 1 heterocycles. The number of aromatic nitrogens is 3. The molecule has 1 rings (SSSR count). The van der Waals surface area contributed by atoms with Crippen LogP contribution >= 0.6 is 0 Å². The number of aryl methyl sites for hydroxylation is 1. The van der Waals surface area contributed by atoms with Crippen molar-refractivity contribution in [2.75, 3.05) is 0 Å². The van der Waals surface area contributed by atoms with Gasteiger partial charge >= 0.3 is 0 Å². The van der Waals surface area contributed by atoms with E-state index in [0.29, 0.717) is 6.54 Å². The predicted octanol–water partition coefficient (Wildman–Crippen LogP) is 0.782. The summed E-state index contributed by atoms with van der Waals surface area (Å²) < 4.78 is 1.73.